The molecule has 0 saturated carbocycles. The predicted octanol–water partition coefficient (Wildman–Crippen LogP) is 2.31. The number of carbonyl (C=O) groups excluding carboxylic acids is 1. The standard InChI is InChI=1S/C17H22Cl2N6O3S.Na/c1-23-5-3-4-15(23)11-25(16-9-20-24(2)10-16)29(27,28)22-17(26)21-14-7-12(18)6-13(19)8-14;/h6-10,15H,3-5,11H2,1-2H3,(H2,21,22,26);/t15-;/m1./s1. The number of carbonyl (C=O) groups is 1. The first kappa shape index (κ1) is 25.3. The van der Waals surface area contributed by atoms with Crippen LogP contribution in [0.15, 0.2) is 30.6 Å². The number of likely N-dealkylation sites (tertiary alicyclic amines) is 1. The van der Waals surface area contributed by atoms with E-state index in [9.17, 15) is 13.2 Å². The van der Waals surface area contributed by atoms with Gasteiger partial charge in [0.2, 0.25) is 0 Å². The first-order chi connectivity index (χ1) is 13.6. The fourth-order valence-electron chi connectivity index (χ4n) is 3.24. The van der Waals surface area contributed by atoms with Crippen LogP contribution in [0.3, 0.4) is 0 Å². The molecule has 1 fully saturated rings. The van der Waals surface area contributed by atoms with E-state index in [1.54, 1.807) is 13.2 Å². The molecule has 0 aliphatic carbocycles. The van der Waals surface area contributed by atoms with Crippen LogP contribution in [0, 0.1) is 0 Å². The van der Waals surface area contributed by atoms with Gasteiger partial charge >= 0.3 is 16.2 Å². The zero-order chi connectivity index (χ0) is 21.2. The Bertz CT molecular complexity index is 983. The van der Waals surface area contributed by atoms with Crippen LogP contribution in [0.4, 0.5) is 16.2 Å². The molecule has 1 aromatic heterocycles. The van der Waals surface area contributed by atoms with Gasteiger partial charge < -0.3 is 10.2 Å². The molecule has 30 heavy (non-hydrogen) atoms. The minimum Gasteiger partial charge on any atom is -0.307 e. The number of nitrogens with one attached hydrogen (secondary N) is 2. The van der Waals surface area contributed by atoms with Gasteiger partial charge in [-0.2, -0.15) is 13.5 Å². The Morgan fingerprint density at radius 3 is 2.47 bits per heavy atom. The third-order valence-corrected chi connectivity index (χ3v) is 6.48. The number of halogens is 2. The van der Waals surface area contributed by atoms with Gasteiger partial charge in [0.15, 0.2) is 0 Å². The molecule has 0 bridgehead atoms. The Morgan fingerprint density at radius 2 is 1.93 bits per heavy atom. The average molecular weight is 484 g/mol. The van der Waals surface area contributed by atoms with Gasteiger partial charge in [0, 0.05) is 64.6 Å². The summed E-state index contributed by atoms with van der Waals surface area (Å²) in [6.07, 6.45) is 4.90. The van der Waals surface area contributed by atoms with E-state index in [0.717, 1.165) is 23.7 Å². The number of aromatic nitrogens is 2. The van der Waals surface area contributed by atoms with Crippen molar-refractivity contribution in [3.63, 3.8) is 0 Å². The number of anilines is 2. The van der Waals surface area contributed by atoms with Gasteiger partial charge in [-0.25, -0.2) is 13.8 Å². The first-order valence-corrected chi connectivity index (χ1v) is 11.1. The smallest absolute Gasteiger partial charge is 0.307 e. The maximum absolute atomic E-state index is 13.0. The fourth-order valence-corrected chi connectivity index (χ4v) is 4.90. The van der Waals surface area contributed by atoms with Crippen molar-refractivity contribution in [3.05, 3.63) is 40.6 Å². The summed E-state index contributed by atoms with van der Waals surface area (Å²) in [5, 5.41) is 7.12. The number of hydrogen-bond acceptors (Lipinski definition) is 5. The molecular weight excluding hydrogens is 462 g/mol. The molecule has 3 rings (SSSR count). The molecule has 0 spiro atoms. The number of hydrogen-bond donors (Lipinski definition) is 2. The average Bonchev–Trinajstić information content (AvgIpc) is 3.19. The number of nitrogens with zero attached hydrogens (tertiary/aromatic N) is 4. The second-order valence-electron chi connectivity index (χ2n) is 6.90. The number of amides is 2. The quantitative estimate of drug-likeness (QED) is 0.614. The van der Waals surface area contributed by atoms with E-state index in [4.69, 9.17) is 23.2 Å². The Labute approximate surface area is 208 Å². The number of benzene rings is 1. The van der Waals surface area contributed by atoms with Crippen LogP contribution in [0.2, 0.25) is 10.0 Å². The molecule has 1 aliphatic rings. The second kappa shape index (κ2) is 10.5. The van der Waals surface area contributed by atoms with E-state index in [1.807, 2.05) is 11.8 Å². The molecule has 1 aliphatic heterocycles. The zero-order valence-electron chi connectivity index (χ0n) is 17.0. The Morgan fingerprint density at radius 1 is 1.27 bits per heavy atom. The minimum absolute atomic E-state index is 0. The van der Waals surface area contributed by atoms with Gasteiger partial charge in [0.1, 0.15) is 0 Å². The predicted molar refractivity (Wildman–Crippen MR) is 119 cm³/mol. The monoisotopic (exact) mass is 483 g/mol. The van der Waals surface area contributed by atoms with Crippen molar-refractivity contribution in [1.82, 2.24) is 19.4 Å². The van der Waals surface area contributed by atoms with E-state index in [1.165, 1.54) is 29.1 Å². The molecule has 1 saturated heterocycles. The van der Waals surface area contributed by atoms with Crippen LogP contribution in [0.25, 0.3) is 0 Å². The maximum Gasteiger partial charge on any atom is 0.334 e. The molecule has 1 radical (unpaired) electrons. The zero-order valence-corrected chi connectivity index (χ0v) is 21.3. The molecule has 9 nitrogen and oxygen atoms in total. The van der Waals surface area contributed by atoms with Crippen LogP contribution < -0.4 is 14.3 Å². The second-order valence-corrected chi connectivity index (χ2v) is 9.37. The molecule has 0 unspecified atom stereocenters. The van der Waals surface area contributed by atoms with Gasteiger partial charge in [-0.05, 0) is 44.6 Å². The van der Waals surface area contributed by atoms with E-state index in [0.29, 0.717) is 15.7 Å². The first-order valence-electron chi connectivity index (χ1n) is 8.90. The maximum atomic E-state index is 13.0. The summed E-state index contributed by atoms with van der Waals surface area (Å²) in [5.41, 5.74) is 0.651. The van der Waals surface area contributed by atoms with Crippen LogP contribution in [-0.2, 0) is 17.3 Å². The van der Waals surface area contributed by atoms with Gasteiger partial charge in [-0.1, -0.05) is 23.2 Å². The summed E-state index contributed by atoms with van der Waals surface area (Å²) < 4.78 is 30.7. The van der Waals surface area contributed by atoms with Crippen LogP contribution in [0.1, 0.15) is 12.8 Å². The van der Waals surface area contributed by atoms with Gasteiger partial charge in [0.05, 0.1) is 18.4 Å². The third kappa shape index (κ3) is 6.49. The minimum atomic E-state index is -4.19. The summed E-state index contributed by atoms with van der Waals surface area (Å²) in [7, 11) is -0.541. The van der Waals surface area contributed by atoms with Crippen molar-refractivity contribution >= 4 is 80.4 Å². The molecule has 2 aromatic rings. The summed E-state index contributed by atoms with van der Waals surface area (Å²) in [6.45, 7) is 1.10. The number of aryl methyl sites for hydroxylation is 1. The van der Waals surface area contributed by atoms with Crippen LogP contribution in [-0.4, -0.2) is 84.9 Å². The number of likely N-dealkylation sites (N-methyl/N-ethyl adjacent to an activating group) is 1. The third-order valence-electron chi connectivity index (χ3n) is 4.66. The summed E-state index contributed by atoms with van der Waals surface area (Å²) in [4.78, 5) is 14.5. The fraction of sp³-hybridized carbons (Fsp3) is 0.412. The summed E-state index contributed by atoms with van der Waals surface area (Å²) in [6, 6.07) is 3.56. The molecule has 2 amide bonds. The van der Waals surface area contributed by atoms with Gasteiger partial charge in [-0.3, -0.25) is 4.68 Å². The normalized spacial score (nSPS) is 16.7. The van der Waals surface area contributed by atoms with E-state index >= 15 is 0 Å². The Hall–Kier alpha value is -1.01. The van der Waals surface area contributed by atoms with Crippen LogP contribution >= 0.6 is 23.2 Å². The van der Waals surface area contributed by atoms with Crippen LogP contribution in [0.5, 0.6) is 0 Å². The van der Waals surface area contributed by atoms with Gasteiger partial charge in [-0.15, -0.1) is 0 Å². The SMILES string of the molecule is CN1CCC[C@@H]1CN(c1cnn(C)c1)S(=O)(=O)NC(=O)Nc1cc(Cl)cc(Cl)c1.[Na]. The number of urea groups is 1. The van der Waals surface area contributed by atoms with E-state index < -0.39 is 16.2 Å². The summed E-state index contributed by atoms with van der Waals surface area (Å²) in [5.74, 6) is 0. The summed E-state index contributed by atoms with van der Waals surface area (Å²) >= 11 is 11.8. The molecule has 2 N–H and O–H groups in total. The number of rotatable bonds is 6. The molecule has 1 atom stereocenters. The van der Waals surface area contributed by atoms with E-state index in [-0.39, 0.29) is 47.8 Å². The molecule has 13 heteroatoms. The van der Waals surface area contributed by atoms with Crippen molar-refractivity contribution in [3.8, 4) is 0 Å². The van der Waals surface area contributed by atoms with Gasteiger partial charge in [0.25, 0.3) is 0 Å². The molecular formula is C17H22Cl2N6NaO3S. The topological polar surface area (TPSA) is 99.6 Å². The molecule has 2 heterocycles. The van der Waals surface area contributed by atoms with Crippen molar-refractivity contribution in [1.29, 1.82) is 0 Å². The van der Waals surface area contributed by atoms with Crippen molar-refractivity contribution < 1.29 is 13.2 Å². The van der Waals surface area contributed by atoms with Crippen molar-refractivity contribution in [2.75, 3.05) is 29.8 Å². The Balaban J connectivity index is 0.00000320. The Kier molecular flexibility index (Phi) is 8.87. The molecule has 1 aromatic carbocycles. The largest absolute Gasteiger partial charge is 0.334 e. The van der Waals surface area contributed by atoms with Crippen molar-refractivity contribution in [2.45, 2.75) is 18.9 Å². The van der Waals surface area contributed by atoms with E-state index in [2.05, 4.69) is 15.3 Å². The molecule has 159 valence electrons. The van der Waals surface area contributed by atoms with Crippen molar-refractivity contribution in [2.24, 2.45) is 7.05 Å².